The normalized spacial score (nSPS) is 15.8. The molecule has 0 aliphatic carbocycles. The minimum atomic E-state index is 0.508. The Kier molecular flexibility index (Phi) is 7.66. The topological polar surface area (TPSA) is 0 Å². The highest BCUT2D eigenvalue weighted by molar-refractivity contribution is 9.11. The van der Waals surface area contributed by atoms with E-state index in [2.05, 4.69) is 28.9 Å². The maximum absolute atomic E-state index is 5.47. The molecule has 0 aliphatic rings. The third-order valence-electron chi connectivity index (χ3n) is 0.943. The first-order valence-corrected chi connectivity index (χ1v) is 5.64. The zero-order valence-electron chi connectivity index (χ0n) is 6.68. The average Bonchev–Trinajstić information content (AvgIpc) is 1.86. The number of thioether (sulfide) groups is 1. The molecule has 0 bridgehead atoms. The van der Waals surface area contributed by atoms with Crippen molar-refractivity contribution in [2.45, 2.75) is 19.1 Å². The van der Waals surface area contributed by atoms with Crippen molar-refractivity contribution in [2.24, 2.45) is 0 Å². The molecule has 0 aromatic carbocycles. The van der Waals surface area contributed by atoms with Gasteiger partial charge in [0.25, 0.3) is 0 Å². The summed E-state index contributed by atoms with van der Waals surface area (Å²) in [6, 6.07) is 0. The number of hydrogen-bond donors (Lipinski definition) is 0. The maximum atomic E-state index is 5.47. The Balaban J connectivity index is 3.61. The van der Waals surface area contributed by atoms with Crippen LogP contribution in [0, 0.1) is 0 Å². The van der Waals surface area contributed by atoms with Crippen LogP contribution in [0.2, 0.25) is 0 Å². The number of halogens is 2. The van der Waals surface area contributed by atoms with Crippen LogP contribution in [0.4, 0.5) is 0 Å². The molecule has 0 saturated heterocycles. The van der Waals surface area contributed by atoms with E-state index in [0.717, 1.165) is 0 Å². The Morgan fingerprint density at radius 1 is 1.73 bits per heavy atom. The number of rotatable bonds is 4. The van der Waals surface area contributed by atoms with Gasteiger partial charge in [-0.1, -0.05) is 28.1 Å². The summed E-state index contributed by atoms with van der Waals surface area (Å²) in [5.74, 6) is 0.594. The lowest BCUT2D eigenvalue weighted by atomic mass is 10.4. The molecule has 0 heterocycles. The van der Waals surface area contributed by atoms with E-state index >= 15 is 0 Å². The highest BCUT2D eigenvalue weighted by Crippen LogP contribution is 2.16. The average molecular weight is 256 g/mol. The molecule has 1 atom stereocenters. The summed E-state index contributed by atoms with van der Waals surface area (Å²) in [6.45, 7) is 4.18. The van der Waals surface area contributed by atoms with Crippen molar-refractivity contribution in [1.82, 2.24) is 0 Å². The van der Waals surface area contributed by atoms with Gasteiger partial charge in [0.1, 0.15) is 0 Å². The largest absolute Gasteiger partial charge is 0.127 e. The van der Waals surface area contributed by atoms with Gasteiger partial charge in [-0.3, -0.25) is 0 Å². The van der Waals surface area contributed by atoms with Gasteiger partial charge in [-0.05, 0) is 23.7 Å². The van der Waals surface area contributed by atoms with Gasteiger partial charge in [0.05, 0.1) is 0 Å². The van der Waals surface area contributed by atoms with E-state index in [1.807, 2.05) is 18.4 Å². The Bertz CT molecular complexity index is 150. The van der Waals surface area contributed by atoms with Gasteiger partial charge in [0.15, 0.2) is 0 Å². The van der Waals surface area contributed by atoms with Crippen LogP contribution in [0.3, 0.4) is 0 Å². The van der Waals surface area contributed by atoms with Crippen LogP contribution in [-0.2, 0) is 0 Å². The smallest absolute Gasteiger partial charge is 0.0412 e. The second kappa shape index (κ2) is 7.26. The van der Waals surface area contributed by atoms with Crippen molar-refractivity contribution in [2.75, 3.05) is 5.88 Å². The van der Waals surface area contributed by atoms with E-state index in [1.54, 1.807) is 11.8 Å². The van der Waals surface area contributed by atoms with Gasteiger partial charge in [0.2, 0.25) is 0 Å². The standard InChI is InChI=1S/C8H12BrClS/c1-7(9)6-8(2)11-5-3-4-10/h3,5-6,8H,4H2,1-2H3/b5-3+,7-6?. The Morgan fingerprint density at radius 2 is 2.36 bits per heavy atom. The van der Waals surface area contributed by atoms with Crippen LogP contribution < -0.4 is 0 Å². The van der Waals surface area contributed by atoms with Crippen molar-refractivity contribution in [3.05, 3.63) is 22.0 Å². The van der Waals surface area contributed by atoms with Crippen LogP contribution in [0.15, 0.2) is 22.0 Å². The molecule has 0 saturated carbocycles. The first kappa shape index (κ1) is 11.6. The summed E-state index contributed by atoms with van der Waals surface area (Å²) in [7, 11) is 0. The highest BCUT2D eigenvalue weighted by atomic mass is 79.9. The molecule has 1 unspecified atom stereocenters. The highest BCUT2D eigenvalue weighted by Gasteiger charge is 1.93. The molecule has 0 radical (unpaired) electrons. The molecule has 11 heavy (non-hydrogen) atoms. The summed E-state index contributed by atoms with van der Waals surface area (Å²) in [6.07, 6.45) is 4.10. The zero-order valence-corrected chi connectivity index (χ0v) is 9.84. The van der Waals surface area contributed by atoms with Crippen molar-refractivity contribution in [1.29, 1.82) is 0 Å². The van der Waals surface area contributed by atoms with E-state index in [9.17, 15) is 0 Å². The van der Waals surface area contributed by atoms with Crippen LogP contribution in [0.25, 0.3) is 0 Å². The lowest BCUT2D eigenvalue weighted by Gasteiger charge is -2.00. The van der Waals surface area contributed by atoms with Gasteiger partial charge < -0.3 is 0 Å². The van der Waals surface area contributed by atoms with Gasteiger partial charge in [-0.15, -0.1) is 23.4 Å². The molecule has 0 aromatic heterocycles. The van der Waals surface area contributed by atoms with Gasteiger partial charge in [0, 0.05) is 11.1 Å². The van der Waals surface area contributed by atoms with Crippen molar-refractivity contribution in [3.63, 3.8) is 0 Å². The Labute approximate surface area is 86.2 Å². The lowest BCUT2D eigenvalue weighted by molar-refractivity contribution is 1.24. The molecular weight excluding hydrogens is 244 g/mol. The first-order valence-electron chi connectivity index (χ1n) is 3.37. The first-order chi connectivity index (χ1) is 5.16. The number of alkyl halides is 1. The summed E-state index contributed by atoms with van der Waals surface area (Å²) in [4.78, 5) is 0. The molecule has 0 amide bonds. The number of hydrogen-bond acceptors (Lipinski definition) is 1. The van der Waals surface area contributed by atoms with Crippen molar-refractivity contribution in [3.8, 4) is 0 Å². The van der Waals surface area contributed by atoms with Gasteiger partial charge >= 0.3 is 0 Å². The summed E-state index contributed by atoms with van der Waals surface area (Å²) in [5.41, 5.74) is 0. The Morgan fingerprint density at radius 3 is 2.82 bits per heavy atom. The fraction of sp³-hybridized carbons (Fsp3) is 0.500. The quantitative estimate of drug-likeness (QED) is 0.680. The molecule has 3 heteroatoms. The zero-order chi connectivity index (χ0) is 8.69. The second-order valence-corrected chi connectivity index (χ2v) is 4.97. The van der Waals surface area contributed by atoms with Crippen LogP contribution in [0.5, 0.6) is 0 Å². The molecule has 0 N–H and O–H groups in total. The molecule has 0 spiro atoms. The summed E-state index contributed by atoms with van der Waals surface area (Å²) < 4.78 is 1.18. The predicted molar refractivity (Wildman–Crippen MR) is 59.6 cm³/mol. The van der Waals surface area contributed by atoms with Crippen LogP contribution >= 0.6 is 39.3 Å². The maximum Gasteiger partial charge on any atom is 0.0412 e. The van der Waals surface area contributed by atoms with E-state index in [0.29, 0.717) is 11.1 Å². The van der Waals surface area contributed by atoms with Crippen LogP contribution in [0.1, 0.15) is 13.8 Å². The predicted octanol–water partition coefficient (Wildman–Crippen LogP) is 4.16. The molecule has 0 fully saturated rings. The molecule has 0 aromatic rings. The van der Waals surface area contributed by atoms with Gasteiger partial charge in [-0.2, -0.15) is 0 Å². The van der Waals surface area contributed by atoms with Crippen molar-refractivity contribution >= 4 is 39.3 Å². The fourth-order valence-corrected chi connectivity index (χ4v) is 2.08. The van der Waals surface area contributed by atoms with E-state index in [1.165, 1.54) is 4.48 Å². The lowest BCUT2D eigenvalue weighted by Crippen LogP contribution is -1.86. The molecule has 64 valence electrons. The third kappa shape index (κ3) is 8.51. The monoisotopic (exact) mass is 254 g/mol. The van der Waals surface area contributed by atoms with E-state index in [-0.39, 0.29) is 0 Å². The minimum absolute atomic E-state index is 0.508. The minimum Gasteiger partial charge on any atom is -0.127 e. The van der Waals surface area contributed by atoms with Crippen LogP contribution in [-0.4, -0.2) is 11.1 Å². The number of allylic oxidation sites excluding steroid dienone is 2. The molecule has 0 aliphatic heterocycles. The van der Waals surface area contributed by atoms with Crippen molar-refractivity contribution < 1.29 is 0 Å². The third-order valence-corrected chi connectivity index (χ3v) is 2.30. The van der Waals surface area contributed by atoms with E-state index in [4.69, 9.17) is 11.6 Å². The summed E-state index contributed by atoms with van der Waals surface area (Å²) >= 11 is 10.6. The molecular formula is C8H12BrClS. The summed E-state index contributed by atoms with van der Waals surface area (Å²) in [5, 5.41) is 2.54. The Hall–Kier alpha value is 0.600. The van der Waals surface area contributed by atoms with Gasteiger partial charge in [-0.25, -0.2) is 0 Å². The molecule has 0 rings (SSSR count). The second-order valence-electron chi connectivity index (χ2n) is 2.12. The van der Waals surface area contributed by atoms with E-state index < -0.39 is 0 Å². The SMILES string of the molecule is CC(Br)=CC(C)S/C=C/CCl. The molecule has 0 nitrogen and oxygen atoms in total. The fourth-order valence-electron chi connectivity index (χ4n) is 0.579.